The Bertz CT molecular complexity index is 315. The summed E-state index contributed by atoms with van der Waals surface area (Å²) in [6, 6.07) is 3.69. The van der Waals surface area contributed by atoms with Crippen molar-refractivity contribution in [3.63, 3.8) is 0 Å². The highest BCUT2D eigenvalue weighted by atomic mass is 35.5. The third-order valence-corrected chi connectivity index (χ3v) is 2.23. The van der Waals surface area contributed by atoms with Crippen molar-refractivity contribution in [2.75, 3.05) is 26.1 Å². The molecule has 0 aliphatic rings. The molecule has 4 heteroatoms. The first kappa shape index (κ1) is 11.0. The van der Waals surface area contributed by atoms with Crippen LogP contribution in [0.3, 0.4) is 0 Å². The van der Waals surface area contributed by atoms with Gasteiger partial charge in [0, 0.05) is 6.54 Å². The first-order valence-corrected chi connectivity index (χ1v) is 4.76. The number of benzene rings is 1. The minimum Gasteiger partial charge on any atom is -0.493 e. The molecule has 0 spiro atoms. The van der Waals surface area contributed by atoms with E-state index in [9.17, 15) is 0 Å². The Balaban J connectivity index is 3.13. The SMILES string of the molecule is CCNc1ccc(OC)c(OC)c1Cl. The van der Waals surface area contributed by atoms with Crippen molar-refractivity contribution in [1.29, 1.82) is 0 Å². The molecule has 3 nitrogen and oxygen atoms in total. The average molecular weight is 216 g/mol. The van der Waals surface area contributed by atoms with Crippen LogP contribution in [0.4, 0.5) is 5.69 Å². The van der Waals surface area contributed by atoms with E-state index < -0.39 is 0 Å². The fraction of sp³-hybridized carbons (Fsp3) is 0.400. The molecule has 0 bridgehead atoms. The molecule has 0 aliphatic carbocycles. The summed E-state index contributed by atoms with van der Waals surface area (Å²) in [6.45, 7) is 2.82. The zero-order chi connectivity index (χ0) is 10.6. The van der Waals surface area contributed by atoms with Gasteiger partial charge in [0.2, 0.25) is 0 Å². The van der Waals surface area contributed by atoms with Crippen LogP contribution >= 0.6 is 11.6 Å². The lowest BCUT2D eigenvalue weighted by molar-refractivity contribution is 0.355. The van der Waals surface area contributed by atoms with Crippen LogP contribution in [0.15, 0.2) is 12.1 Å². The van der Waals surface area contributed by atoms with E-state index in [0.29, 0.717) is 16.5 Å². The van der Waals surface area contributed by atoms with Gasteiger partial charge < -0.3 is 14.8 Å². The molecule has 0 saturated carbocycles. The molecule has 0 radical (unpaired) electrons. The van der Waals surface area contributed by atoms with Gasteiger partial charge in [0.25, 0.3) is 0 Å². The highest BCUT2D eigenvalue weighted by Crippen LogP contribution is 2.39. The molecule has 0 heterocycles. The summed E-state index contributed by atoms with van der Waals surface area (Å²) in [4.78, 5) is 0. The largest absolute Gasteiger partial charge is 0.493 e. The summed E-state index contributed by atoms with van der Waals surface area (Å²) in [5.41, 5.74) is 0.854. The van der Waals surface area contributed by atoms with Crippen molar-refractivity contribution in [3.8, 4) is 11.5 Å². The molecule has 14 heavy (non-hydrogen) atoms. The van der Waals surface area contributed by atoms with Gasteiger partial charge in [0.15, 0.2) is 11.5 Å². The van der Waals surface area contributed by atoms with Gasteiger partial charge in [-0.3, -0.25) is 0 Å². The first-order valence-electron chi connectivity index (χ1n) is 4.39. The number of hydrogen-bond donors (Lipinski definition) is 1. The standard InChI is InChI=1S/C10H14ClNO2/c1-4-12-7-5-6-8(13-2)10(14-3)9(7)11/h5-6,12H,4H2,1-3H3. The Kier molecular flexibility index (Phi) is 3.89. The van der Waals surface area contributed by atoms with E-state index in [1.807, 2.05) is 19.1 Å². The molecule has 0 amide bonds. The van der Waals surface area contributed by atoms with Gasteiger partial charge in [-0.1, -0.05) is 11.6 Å². The monoisotopic (exact) mass is 215 g/mol. The van der Waals surface area contributed by atoms with Crippen molar-refractivity contribution in [2.24, 2.45) is 0 Å². The molecule has 0 unspecified atom stereocenters. The lowest BCUT2D eigenvalue weighted by Gasteiger charge is -2.13. The highest BCUT2D eigenvalue weighted by Gasteiger charge is 2.11. The summed E-state index contributed by atoms with van der Waals surface area (Å²) < 4.78 is 10.3. The molecule has 0 fully saturated rings. The van der Waals surface area contributed by atoms with Gasteiger partial charge in [-0.05, 0) is 19.1 Å². The lowest BCUT2D eigenvalue weighted by atomic mass is 10.2. The number of halogens is 1. The number of anilines is 1. The van der Waals surface area contributed by atoms with Crippen LogP contribution in [-0.2, 0) is 0 Å². The Hall–Kier alpha value is -1.09. The molecule has 0 aliphatic heterocycles. The maximum Gasteiger partial charge on any atom is 0.181 e. The van der Waals surface area contributed by atoms with Crippen LogP contribution in [0.5, 0.6) is 11.5 Å². The fourth-order valence-corrected chi connectivity index (χ4v) is 1.52. The Morgan fingerprint density at radius 2 is 2.00 bits per heavy atom. The van der Waals surface area contributed by atoms with Crippen molar-refractivity contribution in [3.05, 3.63) is 17.2 Å². The molecule has 0 aromatic heterocycles. The van der Waals surface area contributed by atoms with Crippen molar-refractivity contribution in [1.82, 2.24) is 0 Å². The van der Waals surface area contributed by atoms with Crippen molar-refractivity contribution < 1.29 is 9.47 Å². The van der Waals surface area contributed by atoms with Gasteiger partial charge in [0.1, 0.15) is 5.02 Å². The summed E-state index contributed by atoms with van der Waals surface area (Å²) in [6.07, 6.45) is 0. The van der Waals surface area contributed by atoms with E-state index in [1.165, 1.54) is 0 Å². The van der Waals surface area contributed by atoms with E-state index in [-0.39, 0.29) is 0 Å². The molecule has 1 N–H and O–H groups in total. The minimum absolute atomic E-state index is 0.550. The van der Waals surface area contributed by atoms with Crippen LogP contribution in [0.2, 0.25) is 5.02 Å². The van der Waals surface area contributed by atoms with Gasteiger partial charge >= 0.3 is 0 Å². The zero-order valence-electron chi connectivity index (χ0n) is 8.56. The third kappa shape index (κ3) is 2.04. The summed E-state index contributed by atoms with van der Waals surface area (Å²) in [5.74, 6) is 1.20. The van der Waals surface area contributed by atoms with E-state index in [1.54, 1.807) is 14.2 Å². The van der Waals surface area contributed by atoms with Crippen molar-refractivity contribution >= 4 is 17.3 Å². The topological polar surface area (TPSA) is 30.5 Å². The quantitative estimate of drug-likeness (QED) is 0.838. The third-order valence-electron chi connectivity index (χ3n) is 1.85. The van der Waals surface area contributed by atoms with Crippen LogP contribution < -0.4 is 14.8 Å². The van der Waals surface area contributed by atoms with Crippen LogP contribution in [-0.4, -0.2) is 20.8 Å². The smallest absolute Gasteiger partial charge is 0.181 e. The zero-order valence-corrected chi connectivity index (χ0v) is 9.31. The fourth-order valence-electron chi connectivity index (χ4n) is 1.22. The number of ether oxygens (including phenoxy) is 2. The second-order valence-electron chi connectivity index (χ2n) is 2.69. The van der Waals surface area contributed by atoms with Gasteiger partial charge in [-0.2, -0.15) is 0 Å². The molecular weight excluding hydrogens is 202 g/mol. The van der Waals surface area contributed by atoms with E-state index in [2.05, 4.69) is 5.32 Å². The molecule has 0 atom stereocenters. The molecular formula is C10H14ClNO2. The predicted octanol–water partition coefficient (Wildman–Crippen LogP) is 2.79. The number of nitrogens with one attached hydrogen (secondary N) is 1. The Morgan fingerprint density at radius 3 is 2.50 bits per heavy atom. The van der Waals surface area contributed by atoms with Crippen LogP contribution in [0.1, 0.15) is 6.92 Å². The Morgan fingerprint density at radius 1 is 1.29 bits per heavy atom. The summed E-state index contributed by atoms with van der Waals surface area (Å²) >= 11 is 6.10. The maximum atomic E-state index is 6.10. The second kappa shape index (κ2) is 4.96. The number of rotatable bonds is 4. The van der Waals surface area contributed by atoms with E-state index >= 15 is 0 Å². The molecule has 1 rings (SSSR count). The summed E-state index contributed by atoms with van der Waals surface area (Å²) in [5, 5.41) is 3.68. The van der Waals surface area contributed by atoms with Gasteiger partial charge in [-0.25, -0.2) is 0 Å². The Labute approximate surface area is 89.0 Å². The second-order valence-corrected chi connectivity index (χ2v) is 3.07. The van der Waals surface area contributed by atoms with Crippen LogP contribution in [0, 0.1) is 0 Å². The number of methoxy groups -OCH3 is 2. The minimum atomic E-state index is 0.550. The van der Waals surface area contributed by atoms with E-state index in [0.717, 1.165) is 12.2 Å². The molecule has 0 saturated heterocycles. The molecule has 1 aromatic rings. The maximum absolute atomic E-state index is 6.10. The van der Waals surface area contributed by atoms with Gasteiger partial charge in [0.05, 0.1) is 19.9 Å². The van der Waals surface area contributed by atoms with Crippen molar-refractivity contribution in [2.45, 2.75) is 6.92 Å². The van der Waals surface area contributed by atoms with E-state index in [4.69, 9.17) is 21.1 Å². The average Bonchev–Trinajstić information content (AvgIpc) is 2.21. The number of hydrogen-bond acceptors (Lipinski definition) is 3. The highest BCUT2D eigenvalue weighted by molar-refractivity contribution is 6.35. The first-order chi connectivity index (χ1) is 6.74. The van der Waals surface area contributed by atoms with Gasteiger partial charge in [-0.15, -0.1) is 0 Å². The molecule has 1 aromatic carbocycles. The summed E-state index contributed by atoms with van der Waals surface area (Å²) in [7, 11) is 3.15. The predicted molar refractivity (Wildman–Crippen MR) is 58.7 cm³/mol. The van der Waals surface area contributed by atoms with Crippen LogP contribution in [0.25, 0.3) is 0 Å². The molecule has 78 valence electrons. The lowest BCUT2D eigenvalue weighted by Crippen LogP contribution is -1.99. The normalized spacial score (nSPS) is 9.71.